The number of amides is 2. The summed E-state index contributed by atoms with van der Waals surface area (Å²) in [6, 6.07) is 13.5. The molecule has 0 spiro atoms. The molecule has 0 bridgehead atoms. The summed E-state index contributed by atoms with van der Waals surface area (Å²) < 4.78 is 22.2. The van der Waals surface area contributed by atoms with E-state index in [0.29, 0.717) is 16.1 Å². The van der Waals surface area contributed by atoms with Crippen LogP contribution in [-0.2, 0) is 14.5 Å². The molecule has 0 saturated heterocycles. The summed E-state index contributed by atoms with van der Waals surface area (Å²) in [6.07, 6.45) is 4.31. The summed E-state index contributed by atoms with van der Waals surface area (Å²) in [4.78, 5) is 28.3. The Morgan fingerprint density at radius 1 is 1.06 bits per heavy atom. The van der Waals surface area contributed by atoms with Crippen LogP contribution >= 0.6 is 0 Å². The molecule has 33 heavy (non-hydrogen) atoms. The fourth-order valence-electron chi connectivity index (χ4n) is 2.93. The minimum Gasteiger partial charge on any atom is -0.497 e. The van der Waals surface area contributed by atoms with E-state index in [-0.39, 0.29) is 11.5 Å². The van der Waals surface area contributed by atoms with Crippen molar-refractivity contribution < 1.29 is 18.5 Å². The second-order valence-corrected chi connectivity index (χ2v) is 9.56. The molecule has 1 aromatic heterocycles. The number of carbonyl (C=O) groups is 2. The first-order chi connectivity index (χ1) is 15.7. The van der Waals surface area contributed by atoms with Crippen LogP contribution in [-0.4, -0.2) is 34.4 Å². The van der Waals surface area contributed by atoms with Gasteiger partial charge in [0.05, 0.1) is 22.4 Å². The molecular formula is C25H23N3O4S. The van der Waals surface area contributed by atoms with Gasteiger partial charge in [0.25, 0.3) is 5.91 Å². The molecule has 2 amide bonds. The summed E-state index contributed by atoms with van der Waals surface area (Å²) in [6.45, 7) is 3.33. The lowest BCUT2D eigenvalue weighted by Crippen LogP contribution is -2.07. The standard InChI is InChI=1S/C25H23N3O4S/c1-17-13-23(32-3)10-7-20(17)6-5-19-14-21(16-26-15-19)25(30)28-33(4,31)24-11-8-22(9-12-24)27-18(2)29/h7-16H,1-4H3,(H,27,29). The van der Waals surface area contributed by atoms with E-state index in [9.17, 15) is 13.8 Å². The van der Waals surface area contributed by atoms with E-state index < -0.39 is 15.6 Å². The molecular weight excluding hydrogens is 438 g/mol. The van der Waals surface area contributed by atoms with Gasteiger partial charge in [0.1, 0.15) is 5.75 Å². The molecule has 3 aromatic rings. The fraction of sp³-hybridized carbons (Fsp3) is 0.160. The molecule has 1 atom stereocenters. The second kappa shape index (κ2) is 10.1. The first-order valence-electron chi connectivity index (χ1n) is 9.94. The molecule has 1 heterocycles. The molecule has 2 aromatic carbocycles. The van der Waals surface area contributed by atoms with Crippen molar-refractivity contribution in [3.05, 3.63) is 83.2 Å². The van der Waals surface area contributed by atoms with Crippen molar-refractivity contribution in [2.75, 3.05) is 18.7 Å². The fourth-order valence-corrected chi connectivity index (χ4v) is 4.09. The average molecular weight is 462 g/mol. The van der Waals surface area contributed by atoms with Crippen LogP contribution in [0.4, 0.5) is 5.69 Å². The zero-order valence-electron chi connectivity index (χ0n) is 18.7. The van der Waals surface area contributed by atoms with E-state index in [2.05, 4.69) is 26.5 Å². The Balaban J connectivity index is 1.84. The van der Waals surface area contributed by atoms with Crippen molar-refractivity contribution in [3.8, 4) is 17.6 Å². The molecule has 1 unspecified atom stereocenters. The highest BCUT2D eigenvalue weighted by molar-refractivity contribution is 7.93. The van der Waals surface area contributed by atoms with E-state index in [1.54, 1.807) is 43.6 Å². The van der Waals surface area contributed by atoms with Crippen LogP contribution in [0, 0.1) is 18.8 Å². The van der Waals surface area contributed by atoms with Gasteiger partial charge in [-0.3, -0.25) is 14.6 Å². The number of nitrogens with one attached hydrogen (secondary N) is 1. The number of methoxy groups -OCH3 is 1. The Hall–Kier alpha value is -3.96. The average Bonchev–Trinajstić information content (AvgIpc) is 2.78. The molecule has 0 aliphatic carbocycles. The number of benzene rings is 2. The third-order valence-electron chi connectivity index (χ3n) is 4.63. The van der Waals surface area contributed by atoms with Crippen LogP contribution in [0.25, 0.3) is 0 Å². The van der Waals surface area contributed by atoms with Gasteiger partial charge in [-0.05, 0) is 61.0 Å². The van der Waals surface area contributed by atoms with Gasteiger partial charge in [0.15, 0.2) is 0 Å². The van der Waals surface area contributed by atoms with Crippen LogP contribution in [0.15, 0.2) is 70.2 Å². The van der Waals surface area contributed by atoms with Crippen molar-refractivity contribution >= 4 is 27.2 Å². The molecule has 0 aliphatic heterocycles. The van der Waals surface area contributed by atoms with Gasteiger partial charge in [0.2, 0.25) is 5.91 Å². The van der Waals surface area contributed by atoms with Gasteiger partial charge in [-0.1, -0.05) is 11.8 Å². The van der Waals surface area contributed by atoms with Crippen molar-refractivity contribution in [1.29, 1.82) is 0 Å². The maximum Gasteiger partial charge on any atom is 0.286 e. The lowest BCUT2D eigenvalue weighted by molar-refractivity contribution is -0.114. The predicted molar refractivity (Wildman–Crippen MR) is 128 cm³/mol. The number of aromatic nitrogens is 1. The number of nitrogens with zero attached hydrogens (tertiary/aromatic N) is 2. The van der Waals surface area contributed by atoms with Gasteiger partial charge in [0, 0.05) is 47.3 Å². The summed E-state index contributed by atoms with van der Waals surface area (Å²) in [5.74, 6) is 5.96. The number of ether oxygens (including phenoxy) is 1. The quantitative estimate of drug-likeness (QED) is 0.591. The van der Waals surface area contributed by atoms with E-state index in [0.717, 1.165) is 16.9 Å². The van der Waals surface area contributed by atoms with Gasteiger partial charge in [-0.2, -0.15) is 4.36 Å². The summed E-state index contributed by atoms with van der Waals surface area (Å²) in [5.41, 5.74) is 3.09. The summed E-state index contributed by atoms with van der Waals surface area (Å²) in [5, 5.41) is 2.63. The van der Waals surface area contributed by atoms with Gasteiger partial charge in [-0.25, -0.2) is 4.21 Å². The summed E-state index contributed by atoms with van der Waals surface area (Å²) in [7, 11) is -1.39. The molecule has 7 nitrogen and oxygen atoms in total. The second-order valence-electron chi connectivity index (χ2n) is 7.30. The maximum atomic E-state index is 13.1. The number of carbonyl (C=O) groups excluding carboxylic acids is 2. The Morgan fingerprint density at radius 2 is 1.79 bits per heavy atom. The van der Waals surface area contributed by atoms with Gasteiger partial charge < -0.3 is 10.1 Å². The lowest BCUT2D eigenvalue weighted by atomic mass is 10.1. The molecule has 168 valence electrons. The van der Waals surface area contributed by atoms with Crippen LogP contribution in [0.2, 0.25) is 0 Å². The Kier molecular flexibility index (Phi) is 7.26. The van der Waals surface area contributed by atoms with Crippen LogP contribution < -0.4 is 10.1 Å². The van der Waals surface area contributed by atoms with E-state index >= 15 is 0 Å². The molecule has 3 rings (SSSR count). The minimum atomic E-state index is -3.00. The molecule has 0 saturated carbocycles. The topological polar surface area (TPSA) is 97.7 Å². The Morgan fingerprint density at radius 3 is 2.42 bits per heavy atom. The van der Waals surface area contributed by atoms with Crippen LogP contribution in [0.1, 0.15) is 34.0 Å². The Bertz CT molecular complexity index is 1390. The van der Waals surface area contributed by atoms with Gasteiger partial charge >= 0.3 is 0 Å². The summed E-state index contributed by atoms with van der Waals surface area (Å²) >= 11 is 0. The van der Waals surface area contributed by atoms with E-state index in [1.807, 2.05) is 25.1 Å². The maximum absolute atomic E-state index is 13.1. The first-order valence-corrected chi connectivity index (χ1v) is 11.9. The van der Waals surface area contributed by atoms with Crippen molar-refractivity contribution in [2.45, 2.75) is 18.7 Å². The highest BCUT2D eigenvalue weighted by Gasteiger charge is 2.12. The van der Waals surface area contributed by atoms with Crippen molar-refractivity contribution in [2.24, 2.45) is 4.36 Å². The number of aryl methyl sites for hydroxylation is 1. The highest BCUT2D eigenvalue weighted by Crippen LogP contribution is 2.18. The molecule has 0 radical (unpaired) electrons. The molecule has 0 aliphatic rings. The van der Waals surface area contributed by atoms with Crippen LogP contribution in [0.5, 0.6) is 5.75 Å². The van der Waals surface area contributed by atoms with Gasteiger partial charge in [-0.15, -0.1) is 0 Å². The monoisotopic (exact) mass is 461 g/mol. The normalized spacial score (nSPS) is 12.0. The zero-order chi connectivity index (χ0) is 24.0. The third kappa shape index (κ3) is 6.28. The predicted octanol–water partition coefficient (Wildman–Crippen LogP) is 4.05. The number of pyridine rings is 1. The Labute approximate surface area is 193 Å². The first kappa shape index (κ1) is 23.7. The lowest BCUT2D eigenvalue weighted by Gasteiger charge is -2.06. The largest absolute Gasteiger partial charge is 0.497 e. The number of hydrogen-bond acceptors (Lipinski definition) is 5. The highest BCUT2D eigenvalue weighted by atomic mass is 32.2. The minimum absolute atomic E-state index is 0.192. The zero-order valence-corrected chi connectivity index (χ0v) is 19.5. The SMILES string of the molecule is COc1ccc(C#Cc2cncc(C(=O)N=S(C)(=O)c3ccc(NC(C)=O)cc3)c2)c(C)c1. The third-order valence-corrected chi connectivity index (χ3v) is 6.29. The number of hydrogen-bond donors (Lipinski definition) is 1. The van der Waals surface area contributed by atoms with Crippen molar-refractivity contribution in [1.82, 2.24) is 4.98 Å². The van der Waals surface area contributed by atoms with E-state index in [4.69, 9.17) is 4.74 Å². The van der Waals surface area contributed by atoms with Crippen molar-refractivity contribution in [3.63, 3.8) is 0 Å². The van der Waals surface area contributed by atoms with E-state index in [1.165, 1.54) is 19.4 Å². The number of rotatable bonds is 4. The van der Waals surface area contributed by atoms with Crippen LogP contribution in [0.3, 0.4) is 0 Å². The number of anilines is 1. The molecule has 1 N–H and O–H groups in total. The molecule has 0 fully saturated rings. The smallest absolute Gasteiger partial charge is 0.286 e. The molecule has 8 heteroatoms.